The molecule has 1 aliphatic heterocycles. The maximum absolute atomic E-state index is 6.48. The van der Waals surface area contributed by atoms with Crippen LogP contribution in [0.3, 0.4) is 0 Å². The Morgan fingerprint density at radius 1 is 0.525 bits per heavy atom. The molecule has 0 aliphatic carbocycles. The van der Waals surface area contributed by atoms with E-state index in [1.165, 1.54) is 26.9 Å². The van der Waals surface area contributed by atoms with Gasteiger partial charge in [0.05, 0.1) is 0 Å². The standard InChI is InChI=1S/C35H25N3OSi/c1-40(2)29-20-19-26-25-15-9-10-16-28(25)39-32(26)31(29)27-18-17-24(21-30(27)40)35-37-33(22-11-5-3-6-12-22)36-34(38-35)23-13-7-4-8-14-23/h3-21H,1-2H3. The molecule has 0 N–H and O–H groups in total. The number of aromatic nitrogens is 3. The Bertz CT molecular complexity index is 2020. The molecule has 0 saturated carbocycles. The van der Waals surface area contributed by atoms with E-state index in [1.807, 2.05) is 66.7 Å². The van der Waals surface area contributed by atoms with E-state index in [0.29, 0.717) is 17.5 Å². The zero-order valence-corrected chi connectivity index (χ0v) is 23.2. The third-order valence-corrected chi connectivity index (χ3v) is 11.7. The largest absolute Gasteiger partial charge is 0.455 e. The molecule has 5 heteroatoms. The molecule has 40 heavy (non-hydrogen) atoms. The first-order valence-electron chi connectivity index (χ1n) is 13.5. The van der Waals surface area contributed by atoms with Gasteiger partial charge in [-0.25, -0.2) is 15.0 Å². The van der Waals surface area contributed by atoms with E-state index < -0.39 is 8.07 Å². The summed E-state index contributed by atoms with van der Waals surface area (Å²) in [5, 5.41) is 5.14. The van der Waals surface area contributed by atoms with Gasteiger partial charge in [-0.3, -0.25) is 0 Å². The molecule has 7 aromatic rings. The molecule has 0 fully saturated rings. The topological polar surface area (TPSA) is 51.8 Å². The van der Waals surface area contributed by atoms with Gasteiger partial charge in [-0.1, -0.05) is 122 Å². The van der Waals surface area contributed by atoms with E-state index >= 15 is 0 Å². The monoisotopic (exact) mass is 531 g/mol. The van der Waals surface area contributed by atoms with Crippen molar-refractivity contribution in [2.45, 2.75) is 13.1 Å². The summed E-state index contributed by atoms with van der Waals surface area (Å²) >= 11 is 0. The van der Waals surface area contributed by atoms with Crippen LogP contribution >= 0.6 is 0 Å². The summed E-state index contributed by atoms with van der Waals surface area (Å²) in [4.78, 5) is 14.8. The van der Waals surface area contributed by atoms with Crippen LogP contribution < -0.4 is 10.4 Å². The van der Waals surface area contributed by atoms with Gasteiger partial charge in [0.1, 0.15) is 19.2 Å². The molecule has 0 unspecified atom stereocenters. The lowest BCUT2D eigenvalue weighted by Crippen LogP contribution is -2.49. The van der Waals surface area contributed by atoms with Gasteiger partial charge in [-0.05, 0) is 22.0 Å². The molecule has 8 rings (SSSR count). The van der Waals surface area contributed by atoms with Crippen molar-refractivity contribution in [3.8, 4) is 45.3 Å². The molecule has 0 atom stereocenters. The number of benzene rings is 5. The van der Waals surface area contributed by atoms with E-state index in [-0.39, 0.29) is 0 Å². The maximum Gasteiger partial charge on any atom is 0.164 e. The normalized spacial score (nSPS) is 13.4. The Morgan fingerprint density at radius 3 is 1.80 bits per heavy atom. The molecular formula is C35H25N3OSi. The summed E-state index contributed by atoms with van der Waals surface area (Å²) in [5.41, 5.74) is 7.38. The number of hydrogen-bond donors (Lipinski definition) is 0. The lowest BCUT2D eigenvalue weighted by molar-refractivity contribution is 0.670. The Hall–Kier alpha value is -4.87. The van der Waals surface area contributed by atoms with Crippen LogP contribution in [0.1, 0.15) is 0 Å². The van der Waals surface area contributed by atoms with Gasteiger partial charge in [0.25, 0.3) is 0 Å². The number of hydrogen-bond acceptors (Lipinski definition) is 4. The zero-order chi connectivity index (χ0) is 26.8. The third-order valence-electron chi connectivity index (χ3n) is 8.14. The molecule has 2 aromatic heterocycles. The molecule has 5 aromatic carbocycles. The molecule has 1 aliphatic rings. The molecule has 0 spiro atoms. The first-order chi connectivity index (χ1) is 19.6. The molecule has 4 nitrogen and oxygen atoms in total. The van der Waals surface area contributed by atoms with Gasteiger partial charge in [0.15, 0.2) is 17.5 Å². The number of para-hydroxylation sites is 1. The highest BCUT2D eigenvalue weighted by molar-refractivity contribution is 7.04. The molecule has 0 bridgehead atoms. The molecule has 0 saturated heterocycles. The second kappa shape index (κ2) is 8.56. The van der Waals surface area contributed by atoms with Gasteiger partial charge in [-0.2, -0.15) is 0 Å². The van der Waals surface area contributed by atoms with E-state index in [9.17, 15) is 0 Å². The molecular weight excluding hydrogens is 506 g/mol. The zero-order valence-electron chi connectivity index (χ0n) is 22.2. The minimum absolute atomic E-state index is 0.675. The Kier molecular flexibility index (Phi) is 4.94. The minimum Gasteiger partial charge on any atom is -0.455 e. The van der Waals surface area contributed by atoms with Crippen LogP contribution in [0.15, 0.2) is 120 Å². The third kappa shape index (κ3) is 3.41. The van der Waals surface area contributed by atoms with Crippen LogP contribution in [0.5, 0.6) is 0 Å². The van der Waals surface area contributed by atoms with Gasteiger partial charge in [0, 0.05) is 33.0 Å². The van der Waals surface area contributed by atoms with Crippen molar-refractivity contribution in [3.63, 3.8) is 0 Å². The molecule has 190 valence electrons. The number of fused-ring (bicyclic) bond motifs is 7. The van der Waals surface area contributed by atoms with E-state index in [0.717, 1.165) is 33.2 Å². The SMILES string of the molecule is C[Si]1(C)c2cc(-c3nc(-c4ccccc4)nc(-c4ccccc4)n3)ccc2-c2c1ccc1c2oc2ccccc21. The van der Waals surface area contributed by atoms with Crippen molar-refractivity contribution < 1.29 is 4.42 Å². The summed E-state index contributed by atoms with van der Waals surface area (Å²) in [6.45, 7) is 4.85. The maximum atomic E-state index is 6.48. The highest BCUT2D eigenvalue weighted by atomic mass is 28.3. The fraction of sp³-hybridized carbons (Fsp3) is 0.0571. The van der Waals surface area contributed by atoms with Crippen molar-refractivity contribution in [1.29, 1.82) is 0 Å². The number of furan rings is 1. The number of nitrogens with zero attached hydrogens (tertiary/aromatic N) is 3. The minimum atomic E-state index is -2.00. The average Bonchev–Trinajstić information content (AvgIpc) is 3.50. The average molecular weight is 532 g/mol. The van der Waals surface area contributed by atoms with Crippen LogP contribution in [0.4, 0.5) is 0 Å². The fourth-order valence-electron chi connectivity index (χ4n) is 6.08. The van der Waals surface area contributed by atoms with Crippen LogP contribution in [0, 0.1) is 0 Å². The van der Waals surface area contributed by atoms with Crippen molar-refractivity contribution in [2.24, 2.45) is 0 Å². The second-order valence-corrected chi connectivity index (χ2v) is 15.2. The fourth-order valence-corrected chi connectivity index (χ4v) is 9.14. The highest BCUT2D eigenvalue weighted by Crippen LogP contribution is 2.39. The quantitative estimate of drug-likeness (QED) is 0.221. The summed E-state index contributed by atoms with van der Waals surface area (Å²) in [7, 11) is -2.00. The first kappa shape index (κ1) is 23.1. The Labute approximate surface area is 233 Å². The van der Waals surface area contributed by atoms with Crippen molar-refractivity contribution in [1.82, 2.24) is 15.0 Å². The van der Waals surface area contributed by atoms with Crippen LogP contribution in [0.2, 0.25) is 13.1 Å². The summed E-state index contributed by atoms with van der Waals surface area (Å²) in [5.74, 6) is 2.03. The number of rotatable bonds is 3. The van der Waals surface area contributed by atoms with Crippen LogP contribution in [-0.2, 0) is 0 Å². The van der Waals surface area contributed by atoms with E-state index in [2.05, 4.69) is 61.6 Å². The summed E-state index contributed by atoms with van der Waals surface area (Å²) < 4.78 is 6.48. The van der Waals surface area contributed by atoms with Gasteiger partial charge in [0.2, 0.25) is 0 Å². The molecule has 0 radical (unpaired) electrons. The predicted molar refractivity (Wildman–Crippen MR) is 166 cm³/mol. The van der Waals surface area contributed by atoms with Gasteiger partial charge >= 0.3 is 0 Å². The predicted octanol–water partition coefficient (Wildman–Crippen LogP) is 7.58. The Balaban J connectivity index is 1.33. The Morgan fingerprint density at radius 2 is 1.12 bits per heavy atom. The lowest BCUT2D eigenvalue weighted by atomic mass is 10.0. The molecule has 0 amide bonds. The smallest absolute Gasteiger partial charge is 0.164 e. The van der Waals surface area contributed by atoms with Crippen molar-refractivity contribution in [2.75, 3.05) is 0 Å². The van der Waals surface area contributed by atoms with E-state index in [1.54, 1.807) is 0 Å². The lowest BCUT2D eigenvalue weighted by Gasteiger charge is -2.19. The molecule has 3 heterocycles. The van der Waals surface area contributed by atoms with E-state index in [4.69, 9.17) is 19.4 Å². The van der Waals surface area contributed by atoms with Crippen molar-refractivity contribution >= 4 is 40.4 Å². The van der Waals surface area contributed by atoms with Crippen LogP contribution in [-0.4, -0.2) is 23.0 Å². The first-order valence-corrected chi connectivity index (χ1v) is 16.5. The van der Waals surface area contributed by atoms with Crippen LogP contribution in [0.25, 0.3) is 67.2 Å². The summed E-state index contributed by atoms with van der Waals surface area (Å²) in [6, 6.07) is 39.8. The van der Waals surface area contributed by atoms with Gasteiger partial charge < -0.3 is 4.42 Å². The van der Waals surface area contributed by atoms with Gasteiger partial charge in [-0.15, -0.1) is 0 Å². The highest BCUT2D eigenvalue weighted by Gasteiger charge is 2.39. The van der Waals surface area contributed by atoms with Crippen molar-refractivity contribution in [3.05, 3.63) is 115 Å². The summed E-state index contributed by atoms with van der Waals surface area (Å²) in [6.07, 6.45) is 0. The second-order valence-electron chi connectivity index (χ2n) is 10.9.